The van der Waals surface area contributed by atoms with E-state index >= 15 is 0 Å². The highest BCUT2D eigenvalue weighted by molar-refractivity contribution is 9.10. The summed E-state index contributed by atoms with van der Waals surface area (Å²) < 4.78 is 3.29. The Morgan fingerprint density at radius 3 is 2.79 bits per heavy atom. The Kier molecular flexibility index (Phi) is 2.37. The first kappa shape index (κ1) is 9.74. The molecule has 2 aromatic heterocycles. The Morgan fingerprint density at radius 1 is 1.43 bits per heavy atom. The molecule has 0 saturated heterocycles. The average molecular weight is 253 g/mol. The molecule has 1 atom stereocenters. The maximum Gasteiger partial charge on any atom is 0.0598 e. The van der Waals surface area contributed by atoms with Gasteiger partial charge in [-0.3, -0.25) is 0 Å². The van der Waals surface area contributed by atoms with Crippen LogP contribution in [0.3, 0.4) is 0 Å². The van der Waals surface area contributed by atoms with Gasteiger partial charge < -0.3 is 10.1 Å². The molecule has 3 heteroatoms. The summed E-state index contributed by atoms with van der Waals surface area (Å²) in [4.78, 5) is 0. The van der Waals surface area contributed by atoms with E-state index in [0.717, 1.165) is 4.47 Å². The van der Waals surface area contributed by atoms with Crippen LogP contribution in [0, 0.1) is 6.92 Å². The number of fused-ring (bicyclic) bond motifs is 1. The first-order chi connectivity index (χ1) is 6.63. The van der Waals surface area contributed by atoms with Crippen molar-refractivity contribution in [3.05, 3.63) is 40.1 Å². The highest BCUT2D eigenvalue weighted by Gasteiger charge is 2.14. The molecule has 0 saturated carbocycles. The van der Waals surface area contributed by atoms with Crippen LogP contribution in [0.15, 0.2) is 28.9 Å². The smallest absolute Gasteiger partial charge is 0.0598 e. The number of nitrogens with two attached hydrogens (primary N) is 1. The lowest BCUT2D eigenvalue weighted by Gasteiger charge is -2.07. The summed E-state index contributed by atoms with van der Waals surface area (Å²) in [7, 11) is 0. The lowest BCUT2D eigenvalue weighted by molar-refractivity contribution is 0.762. The molecule has 0 aliphatic rings. The molecule has 2 nitrogen and oxygen atoms in total. The molecule has 2 N–H and O–H groups in total. The van der Waals surface area contributed by atoms with Crippen molar-refractivity contribution in [2.75, 3.05) is 0 Å². The topological polar surface area (TPSA) is 30.4 Å². The standard InChI is InChI=1S/C11H13BrN2/c1-7-10(12)9-5-3-4-6-14(9)11(7)8(2)13/h3-6,8H,13H2,1-2H3. The van der Waals surface area contributed by atoms with Gasteiger partial charge in [-0.2, -0.15) is 0 Å². The molecule has 2 aromatic rings. The van der Waals surface area contributed by atoms with Crippen LogP contribution >= 0.6 is 15.9 Å². The van der Waals surface area contributed by atoms with Crippen molar-refractivity contribution in [1.29, 1.82) is 0 Å². The third-order valence-electron chi connectivity index (χ3n) is 2.49. The first-order valence-electron chi connectivity index (χ1n) is 4.63. The molecule has 0 spiro atoms. The number of hydrogen-bond acceptors (Lipinski definition) is 1. The van der Waals surface area contributed by atoms with Gasteiger partial charge in [-0.1, -0.05) is 6.07 Å². The zero-order valence-electron chi connectivity index (χ0n) is 8.29. The molecular formula is C11H13BrN2. The largest absolute Gasteiger partial charge is 0.323 e. The van der Waals surface area contributed by atoms with Crippen molar-refractivity contribution in [2.24, 2.45) is 5.73 Å². The molecule has 74 valence electrons. The van der Waals surface area contributed by atoms with E-state index in [-0.39, 0.29) is 6.04 Å². The minimum absolute atomic E-state index is 0.0520. The third kappa shape index (κ3) is 1.28. The maximum atomic E-state index is 5.95. The molecule has 0 bridgehead atoms. The fourth-order valence-electron chi connectivity index (χ4n) is 1.88. The van der Waals surface area contributed by atoms with Crippen LogP contribution in [-0.2, 0) is 0 Å². The number of hydrogen-bond donors (Lipinski definition) is 1. The van der Waals surface area contributed by atoms with E-state index in [1.165, 1.54) is 16.8 Å². The van der Waals surface area contributed by atoms with E-state index in [1.807, 2.05) is 25.3 Å². The highest BCUT2D eigenvalue weighted by atomic mass is 79.9. The van der Waals surface area contributed by atoms with Crippen LogP contribution in [0.2, 0.25) is 0 Å². The number of nitrogens with zero attached hydrogens (tertiary/aromatic N) is 1. The molecule has 14 heavy (non-hydrogen) atoms. The Bertz CT molecular complexity index is 471. The lowest BCUT2D eigenvalue weighted by Crippen LogP contribution is -2.09. The van der Waals surface area contributed by atoms with Crippen molar-refractivity contribution in [3.8, 4) is 0 Å². The average Bonchev–Trinajstić information content (AvgIpc) is 2.41. The molecule has 0 amide bonds. The van der Waals surface area contributed by atoms with E-state index in [9.17, 15) is 0 Å². The van der Waals surface area contributed by atoms with Crippen LogP contribution in [-0.4, -0.2) is 4.40 Å². The minimum atomic E-state index is 0.0520. The van der Waals surface area contributed by atoms with Gasteiger partial charge in [-0.15, -0.1) is 0 Å². The third-order valence-corrected chi connectivity index (χ3v) is 3.49. The van der Waals surface area contributed by atoms with Gasteiger partial charge in [0.2, 0.25) is 0 Å². The van der Waals surface area contributed by atoms with Gasteiger partial charge >= 0.3 is 0 Å². The number of halogens is 1. The second-order valence-electron chi connectivity index (χ2n) is 3.57. The summed E-state index contributed by atoms with van der Waals surface area (Å²) in [5.74, 6) is 0. The quantitative estimate of drug-likeness (QED) is 0.831. The summed E-state index contributed by atoms with van der Waals surface area (Å²) in [5.41, 5.74) is 9.53. The predicted octanol–water partition coefficient (Wildman–Crippen LogP) is 3.03. The SMILES string of the molecule is Cc1c(Br)c2ccccn2c1C(C)N. The Hall–Kier alpha value is -0.800. The van der Waals surface area contributed by atoms with E-state index in [0.29, 0.717) is 0 Å². The van der Waals surface area contributed by atoms with Gasteiger partial charge in [0, 0.05) is 22.4 Å². The van der Waals surface area contributed by atoms with Crippen LogP contribution in [0.5, 0.6) is 0 Å². The van der Waals surface area contributed by atoms with Crippen molar-refractivity contribution < 1.29 is 0 Å². The lowest BCUT2D eigenvalue weighted by atomic mass is 10.2. The number of pyridine rings is 1. The summed E-state index contributed by atoms with van der Waals surface area (Å²) in [6.45, 7) is 4.10. The van der Waals surface area contributed by atoms with Gasteiger partial charge in [0.1, 0.15) is 0 Å². The van der Waals surface area contributed by atoms with Gasteiger partial charge in [0.15, 0.2) is 0 Å². The van der Waals surface area contributed by atoms with E-state index < -0.39 is 0 Å². The molecule has 0 aliphatic heterocycles. The van der Waals surface area contributed by atoms with Gasteiger partial charge in [0.25, 0.3) is 0 Å². The van der Waals surface area contributed by atoms with Crippen molar-refractivity contribution in [3.63, 3.8) is 0 Å². The summed E-state index contributed by atoms with van der Waals surface area (Å²) in [6, 6.07) is 6.19. The molecular weight excluding hydrogens is 240 g/mol. The van der Waals surface area contributed by atoms with Gasteiger partial charge in [0.05, 0.1) is 5.52 Å². The minimum Gasteiger partial charge on any atom is -0.323 e. The summed E-state index contributed by atoms with van der Waals surface area (Å²) >= 11 is 3.59. The highest BCUT2D eigenvalue weighted by Crippen LogP contribution is 2.30. The Balaban J connectivity index is 2.88. The van der Waals surface area contributed by atoms with Gasteiger partial charge in [-0.25, -0.2) is 0 Å². The monoisotopic (exact) mass is 252 g/mol. The van der Waals surface area contributed by atoms with E-state index in [1.54, 1.807) is 0 Å². The van der Waals surface area contributed by atoms with Crippen LogP contribution in [0.1, 0.15) is 24.2 Å². The normalized spacial score (nSPS) is 13.4. The Morgan fingerprint density at radius 2 is 2.14 bits per heavy atom. The molecule has 2 heterocycles. The molecule has 0 fully saturated rings. The Labute approximate surface area is 91.9 Å². The van der Waals surface area contributed by atoms with E-state index in [4.69, 9.17) is 5.73 Å². The first-order valence-corrected chi connectivity index (χ1v) is 5.43. The van der Waals surface area contributed by atoms with Crippen molar-refractivity contribution >= 4 is 21.4 Å². The summed E-state index contributed by atoms with van der Waals surface area (Å²) in [6.07, 6.45) is 2.05. The van der Waals surface area contributed by atoms with Crippen LogP contribution in [0.25, 0.3) is 5.52 Å². The second kappa shape index (κ2) is 3.41. The maximum absolute atomic E-state index is 5.95. The second-order valence-corrected chi connectivity index (χ2v) is 4.36. The number of rotatable bonds is 1. The zero-order chi connectivity index (χ0) is 10.3. The van der Waals surface area contributed by atoms with Crippen LogP contribution in [0.4, 0.5) is 0 Å². The summed E-state index contributed by atoms with van der Waals surface area (Å²) in [5, 5.41) is 0. The molecule has 0 radical (unpaired) electrons. The molecule has 0 aromatic carbocycles. The fraction of sp³-hybridized carbons (Fsp3) is 0.273. The fourth-order valence-corrected chi connectivity index (χ4v) is 2.40. The van der Waals surface area contributed by atoms with Crippen molar-refractivity contribution in [1.82, 2.24) is 4.40 Å². The molecule has 1 unspecified atom stereocenters. The number of aromatic nitrogens is 1. The van der Waals surface area contributed by atoms with Gasteiger partial charge in [-0.05, 0) is 47.5 Å². The molecule has 0 aliphatic carbocycles. The zero-order valence-corrected chi connectivity index (χ0v) is 9.88. The molecule has 2 rings (SSSR count). The van der Waals surface area contributed by atoms with Crippen molar-refractivity contribution in [2.45, 2.75) is 19.9 Å². The predicted molar refractivity (Wildman–Crippen MR) is 62.4 cm³/mol. The van der Waals surface area contributed by atoms with E-state index in [2.05, 4.69) is 33.3 Å². The van der Waals surface area contributed by atoms with Crippen LogP contribution < -0.4 is 5.73 Å².